The highest BCUT2D eigenvalue weighted by molar-refractivity contribution is 6.33. The quantitative estimate of drug-likeness (QED) is 0.613. The molecule has 0 saturated carbocycles. The molecule has 6 nitrogen and oxygen atoms in total. The second kappa shape index (κ2) is 8.52. The van der Waals surface area contributed by atoms with Crippen LogP contribution in [0.25, 0.3) is 11.3 Å². The van der Waals surface area contributed by atoms with Crippen LogP contribution >= 0.6 is 11.6 Å². The number of benzene rings is 1. The summed E-state index contributed by atoms with van der Waals surface area (Å²) in [6.07, 6.45) is -0.941. The summed E-state index contributed by atoms with van der Waals surface area (Å²) in [5.41, 5.74) is 0.670. The maximum absolute atomic E-state index is 12.1. The summed E-state index contributed by atoms with van der Waals surface area (Å²) in [6.45, 7) is 2.21. The fraction of sp³-hybridized carbons (Fsp3) is 0.294. The molecule has 0 bridgehead atoms. The highest BCUT2D eigenvalue weighted by atomic mass is 35.5. The molecule has 1 heterocycles. The van der Waals surface area contributed by atoms with Crippen LogP contribution in [0.5, 0.6) is 0 Å². The van der Waals surface area contributed by atoms with E-state index in [1.807, 2.05) is 6.07 Å². The molecule has 7 heteroatoms. The summed E-state index contributed by atoms with van der Waals surface area (Å²) in [5.74, 6) is -0.674. The molecule has 1 N–H and O–H groups in total. The number of hydrogen-bond donors (Lipinski definition) is 1. The van der Waals surface area contributed by atoms with Crippen molar-refractivity contribution >= 4 is 23.5 Å². The third-order valence-electron chi connectivity index (χ3n) is 3.20. The molecule has 2 rings (SSSR count). The maximum atomic E-state index is 12.1. The smallest absolute Gasteiger partial charge is 0.375 e. The number of ether oxygens (including phenoxy) is 2. The Kier molecular flexibility index (Phi) is 6.40. The average Bonchev–Trinajstić information content (AvgIpc) is 3.05. The summed E-state index contributed by atoms with van der Waals surface area (Å²) < 4.78 is 15.4. The van der Waals surface area contributed by atoms with Crippen LogP contribution in [0.15, 0.2) is 40.8 Å². The number of amides is 1. The topological polar surface area (TPSA) is 77.8 Å². The molecule has 0 radical (unpaired) electrons. The SMILES string of the molecule is COCCNC(=O)[C@@H](C)OC(=O)c1ccc(-c2ccccc2Cl)o1. The van der Waals surface area contributed by atoms with Crippen LogP contribution in [0.1, 0.15) is 17.5 Å². The van der Waals surface area contributed by atoms with Crippen molar-refractivity contribution < 1.29 is 23.5 Å². The van der Waals surface area contributed by atoms with Crippen molar-refractivity contribution in [3.05, 3.63) is 47.2 Å². The summed E-state index contributed by atoms with van der Waals surface area (Å²) in [7, 11) is 1.53. The van der Waals surface area contributed by atoms with Crippen LogP contribution in [-0.4, -0.2) is 38.2 Å². The number of furan rings is 1. The Hall–Kier alpha value is -2.31. The van der Waals surface area contributed by atoms with Gasteiger partial charge in [0, 0.05) is 19.2 Å². The molecule has 0 unspecified atom stereocenters. The van der Waals surface area contributed by atoms with E-state index in [-0.39, 0.29) is 5.76 Å². The molecule has 1 aromatic heterocycles. The molecular formula is C17H18ClNO5. The number of nitrogens with one attached hydrogen (secondary N) is 1. The minimum absolute atomic E-state index is 0.00135. The van der Waals surface area contributed by atoms with Gasteiger partial charge in [-0.1, -0.05) is 23.7 Å². The van der Waals surface area contributed by atoms with Gasteiger partial charge >= 0.3 is 5.97 Å². The van der Waals surface area contributed by atoms with Crippen molar-refractivity contribution in [2.24, 2.45) is 0 Å². The minimum atomic E-state index is -0.941. The van der Waals surface area contributed by atoms with E-state index < -0.39 is 18.0 Å². The first-order chi connectivity index (χ1) is 11.5. The van der Waals surface area contributed by atoms with E-state index in [0.29, 0.717) is 29.5 Å². The zero-order chi connectivity index (χ0) is 17.5. The average molecular weight is 352 g/mol. The van der Waals surface area contributed by atoms with E-state index in [4.69, 9.17) is 25.5 Å². The highest BCUT2D eigenvalue weighted by Gasteiger charge is 2.21. The molecule has 1 amide bonds. The molecule has 1 atom stereocenters. The van der Waals surface area contributed by atoms with E-state index in [1.54, 1.807) is 24.3 Å². The molecule has 24 heavy (non-hydrogen) atoms. The molecule has 0 saturated heterocycles. The molecule has 0 aliphatic rings. The molecule has 0 aliphatic carbocycles. The van der Waals surface area contributed by atoms with Gasteiger partial charge < -0.3 is 19.2 Å². The van der Waals surface area contributed by atoms with Gasteiger partial charge in [0.15, 0.2) is 6.10 Å². The Labute approximate surface area is 144 Å². The monoisotopic (exact) mass is 351 g/mol. The van der Waals surface area contributed by atoms with Crippen LogP contribution in [-0.2, 0) is 14.3 Å². The van der Waals surface area contributed by atoms with Gasteiger partial charge in [-0.25, -0.2) is 4.79 Å². The van der Waals surface area contributed by atoms with Crippen LogP contribution in [0.2, 0.25) is 5.02 Å². The predicted molar refractivity (Wildman–Crippen MR) is 88.9 cm³/mol. The second-order valence-corrected chi connectivity index (χ2v) is 5.38. The molecule has 0 spiro atoms. The molecule has 2 aromatic rings. The number of hydrogen-bond acceptors (Lipinski definition) is 5. The first kappa shape index (κ1) is 18.0. The number of esters is 1. The van der Waals surface area contributed by atoms with Gasteiger partial charge in [-0.2, -0.15) is 0 Å². The maximum Gasteiger partial charge on any atom is 0.375 e. The van der Waals surface area contributed by atoms with E-state index in [2.05, 4.69) is 5.32 Å². The van der Waals surface area contributed by atoms with Crippen LogP contribution < -0.4 is 5.32 Å². The summed E-state index contributed by atoms with van der Waals surface area (Å²) in [4.78, 5) is 23.8. The van der Waals surface area contributed by atoms with Gasteiger partial charge in [0.2, 0.25) is 5.76 Å². The van der Waals surface area contributed by atoms with Crippen molar-refractivity contribution in [2.45, 2.75) is 13.0 Å². The number of halogens is 1. The molecule has 0 fully saturated rings. The lowest BCUT2D eigenvalue weighted by Gasteiger charge is -2.12. The van der Waals surface area contributed by atoms with Crippen molar-refractivity contribution in [1.29, 1.82) is 0 Å². The Morgan fingerprint density at radius 1 is 1.25 bits per heavy atom. The van der Waals surface area contributed by atoms with E-state index in [0.717, 1.165) is 0 Å². The lowest BCUT2D eigenvalue weighted by Crippen LogP contribution is -2.37. The van der Waals surface area contributed by atoms with Gasteiger partial charge in [0.25, 0.3) is 5.91 Å². The Bertz CT molecular complexity index is 713. The zero-order valence-electron chi connectivity index (χ0n) is 13.4. The van der Waals surface area contributed by atoms with Crippen molar-refractivity contribution in [3.63, 3.8) is 0 Å². The first-order valence-electron chi connectivity index (χ1n) is 7.35. The molecule has 0 aliphatic heterocycles. The summed E-state index contributed by atoms with van der Waals surface area (Å²) in [6, 6.07) is 10.2. The Morgan fingerprint density at radius 3 is 2.71 bits per heavy atom. The fourth-order valence-electron chi connectivity index (χ4n) is 1.95. The van der Waals surface area contributed by atoms with Gasteiger partial charge in [0.05, 0.1) is 11.6 Å². The summed E-state index contributed by atoms with van der Waals surface area (Å²) >= 11 is 6.09. The third-order valence-corrected chi connectivity index (χ3v) is 3.53. The standard InChI is InChI=1S/C17H18ClNO5/c1-11(16(20)19-9-10-22-2)23-17(21)15-8-7-14(24-15)12-5-3-4-6-13(12)18/h3-8,11H,9-10H2,1-2H3,(H,19,20)/t11-/m1/s1. The largest absolute Gasteiger partial charge is 0.449 e. The predicted octanol–water partition coefficient (Wildman–Crippen LogP) is 2.91. The van der Waals surface area contributed by atoms with Crippen LogP contribution in [0.3, 0.4) is 0 Å². The number of rotatable bonds is 7. The minimum Gasteiger partial charge on any atom is -0.449 e. The van der Waals surface area contributed by atoms with E-state index in [9.17, 15) is 9.59 Å². The first-order valence-corrected chi connectivity index (χ1v) is 7.73. The van der Waals surface area contributed by atoms with Crippen LogP contribution in [0.4, 0.5) is 0 Å². The molecular weight excluding hydrogens is 334 g/mol. The van der Waals surface area contributed by atoms with Gasteiger partial charge in [-0.05, 0) is 31.2 Å². The molecule has 1 aromatic carbocycles. The Balaban J connectivity index is 1.98. The summed E-state index contributed by atoms with van der Waals surface area (Å²) in [5, 5.41) is 3.10. The van der Waals surface area contributed by atoms with Crippen LogP contribution in [0, 0.1) is 0 Å². The third kappa shape index (κ3) is 4.59. The van der Waals surface area contributed by atoms with Crippen molar-refractivity contribution in [1.82, 2.24) is 5.32 Å². The fourth-order valence-corrected chi connectivity index (χ4v) is 2.17. The zero-order valence-corrected chi connectivity index (χ0v) is 14.1. The van der Waals surface area contributed by atoms with E-state index in [1.165, 1.54) is 20.1 Å². The Morgan fingerprint density at radius 2 is 2.00 bits per heavy atom. The molecule has 128 valence electrons. The van der Waals surface area contributed by atoms with Gasteiger partial charge in [-0.3, -0.25) is 4.79 Å². The van der Waals surface area contributed by atoms with Gasteiger partial charge in [0.1, 0.15) is 5.76 Å². The van der Waals surface area contributed by atoms with Crippen molar-refractivity contribution in [2.75, 3.05) is 20.3 Å². The number of methoxy groups -OCH3 is 1. The number of carbonyl (C=O) groups excluding carboxylic acids is 2. The van der Waals surface area contributed by atoms with E-state index >= 15 is 0 Å². The second-order valence-electron chi connectivity index (χ2n) is 4.98. The van der Waals surface area contributed by atoms with Gasteiger partial charge in [-0.15, -0.1) is 0 Å². The lowest BCUT2D eigenvalue weighted by molar-refractivity contribution is -0.129. The normalized spacial score (nSPS) is 11.8. The lowest BCUT2D eigenvalue weighted by atomic mass is 10.2. The number of carbonyl (C=O) groups is 2. The van der Waals surface area contributed by atoms with Crippen molar-refractivity contribution in [3.8, 4) is 11.3 Å². The highest BCUT2D eigenvalue weighted by Crippen LogP contribution is 2.29.